The van der Waals surface area contributed by atoms with Gasteiger partial charge in [-0.05, 0) is 26.0 Å². The summed E-state index contributed by atoms with van der Waals surface area (Å²) in [6.45, 7) is 3.54. The molecule has 112 valence electrons. The van der Waals surface area contributed by atoms with E-state index in [1.807, 2.05) is 6.07 Å². The number of aromatic nitrogens is 2. The van der Waals surface area contributed by atoms with Crippen LogP contribution in [0.4, 0.5) is 0 Å². The first kappa shape index (κ1) is 15.5. The molecule has 2 rings (SSSR count). The van der Waals surface area contributed by atoms with E-state index in [0.717, 1.165) is 0 Å². The zero-order valence-electron chi connectivity index (χ0n) is 11.8. The average Bonchev–Trinajstić information content (AvgIpc) is 2.44. The molecule has 0 saturated heterocycles. The molecule has 6 nitrogen and oxygen atoms in total. The summed E-state index contributed by atoms with van der Waals surface area (Å²) in [5, 5.41) is 8.99. The first-order chi connectivity index (χ1) is 9.81. The molecule has 2 aromatic rings. The van der Waals surface area contributed by atoms with Crippen molar-refractivity contribution in [3.8, 4) is 0 Å². The lowest BCUT2D eigenvalue weighted by atomic mass is 10.1. The van der Waals surface area contributed by atoms with E-state index in [2.05, 4.69) is 4.98 Å². The lowest BCUT2D eigenvalue weighted by molar-refractivity contribution is -0.139. The molecular weight excluding hydrogens is 290 g/mol. The monoisotopic (exact) mass is 307 g/mol. The van der Waals surface area contributed by atoms with E-state index in [0.29, 0.717) is 17.1 Å². The summed E-state index contributed by atoms with van der Waals surface area (Å²) >= 11 is 1.37. The Balaban J connectivity index is 2.21. The van der Waals surface area contributed by atoms with E-state index in [1.165, 1.54) is 22.2 Å². The van der Waals surface area contributed by atoms with Crippen LogP contribution in [0.15, 0.2) is 35.3 Å². The molecule has 21 heavy (non-hydrogen) atoms. The molecule has 0 aliphatic heterocycles. The van der Waals surface area contributed by atoms with Crippen LogP contribution in [-0.4, -0.2) is 31.2 Å². The van der Waals surface area contributed by atoms with E-state index in [9.17, 15) is 9.59 Å². The van der Waals surface area contributed by atoms with Gasteiger partial charge in [-0.25, -0.2) is 4.98 Å². The summed E-state index contributed by atoms with van der Waals surface area (Å²) in [5.74, 6) is -0.617. The van der Waals surface area contributed by atoms with Crippen molar-refractivity contribution in [1.29, 1.82) is 0 Å². The van der Waals surface area contributed by atoms with E-state index in [4.69, 9.17) is 10.8 Å². The van der Waals surface area contributed by atoms with E-state index >= 15 is 0 Å². The van der Waals surface area contributed by atoms with Crippen LogP contribution in [0.25, 0.3) is 5.65 Å². The van der Waals surface area contributed by atoms with Gasteiger partial charge >= 0.3 is 5.97 Å². The number of aliphatic carboxylic acids is 1. The largest absolute Gasteiger partial charge is 0.480 e. The van der Waals surface area contributed by atoms with Gasteiger partial charge in [0.25, 0.3) is 5.56 Å². The molecule has 0 bridgehead atoms. The SMILES string of the molecule is CC(C)(SCc1cc(=O)n2ccccc2n1)C(N)C(=O)O. The van der Waals surface area contributed by atoms with Crippen molar-refractivity contribution in [1.82, 2.24) is 9.38 Å². The Labute approximate surface area is 126 Å². The first-order valence-electron chi connectivity index (χ1n) is 6.41. The molecule has 2 heterocycles. The molecule has 0 fully saturated rings. The standard InChI is InChI=1S/C14H17N3O3S/c1-14(2,12(15)13(19)20)21-8-9-7-11(18)17-6-4-3-5-10(17)16-9/h3-7,12H,8,15H2,1-2H3,(H,19,20). The molecule has 0 saturated carbocycles. The van der Waals surface area contributed by atoms with E-state index in [-0.39, 0.29) is 5.56 Å². The fourth-order valence-electron chi connectivity index (χ4n) is 1.82. The van der Waals surface area contributed by atoms with Crippen LogP contribution in [0.5, 0.6) is 0 Å². The van der Waals surface area contributed by atoms with Gasteiger partial charge in [-0.3, -0.25) is 14.0 Å². The number of thioether (sulfide) groups is 1. The highest BCUT2D eigenvalue weighted by Crippen LogP contribution is 2.30. The Morgan fingerprint density at radius 1 is 1.52 bits per heavy atom. The number of nitrogens with two attached hydrogens (primary N) is 1. The highest BCUT2D eigenvalue weighted by molar-refractivity contribution is 7.99. The molecule has 0 radical (unpaired) electrons. The Hall–Kier alpha value is -1.86. The molecule has 1 atom stereocenters. The summed E-state index contributed by atoms with van der Waals surface area (Å²) in [6.07, 6.45) is 1.66. The molecular formula is C14H17N3O3S. The zero-order valence-corrected chi connectivity index (χ0v) is 12.6. The topological polar surface area (TPSA) is 97.7 Å². The number of nitrogens with zero attached hydrogens (tertiary/aromatic N) is 2. The second-order valence-corrected chi connectivity index (χ2v) is 6.85. The van der Waals surface area contributed by atoms with E-state index < -0.39 is 16.8 Å². The van der Waals surface area contributed by atoms with Crippen LogP contribution in [0.3, 0.4) is 0 Å². The Morgan fingerprint density at radius 3 is 2.90 bits per heavy atom. The number of hydrogen-bond donors (Lipinski definition) is 2. The first-order valence-corrected chi connectivity index (χ1v) is 7.39. The molecule has 0 spiro atoms. The Bertz CT molecular complexity index is 727. The number of fused-ring (bicyclic) bond motifs is 1. The second-order valence-electron chi connectivity index (χ2n) is 5.22. The van der Waals surface area contributed by atoms with Crippen LogP contribution in [-0.2, 0) is 10.5 Å². The van der Waals surface area contributed by atoms with Gasteiger partial charge in [-0.15, -0.1) is 11.8 Å². The Morgan fingerprint density at radius 2 is 2.24 bits per heavy atom. The maximum Gasteiger partial charge on any atom is 0.321 e. The van der Waals surface area contributed by atoms with Gasteiger partial charge < -0.3 is 10.8 Å². The Kier molecular flexibility index (Phi) is 4.34. The van der Waals surface area contributed by atoms with Crippen LogP contribution in [0.2, 0.25) is 0 Å². The molecule has 0 aromatic carbocycles. The van der Waals surface area contributed by atoms with Gasteiger partial charge in [0, 0.05) is 22.8 Å². The summed E-state index contributed by atoms with van der Waals surface area (Å²) in [5.41, 5.74) is 6.70. The predicted molar refractivity (Wildman–Crippen MR) is 82.4 cm³/mol. The van der Waals surface area contributed by atoms with Gasteiger partial charge in [-0.1, -0.05) is 6.07 Å². The third-order valence-electron chi connectivity index (χ3n) is 3.23. The number of rotatable bonds is 5. The van der Waals surface area contributed by atoms with Crippen LogP contribution in [0, 0.1) is 0 Å². The molecule has 3 N–H and O–H groups in total. The van der Waals surface area contributed by atoms with E-state index in [1.54, 1.807) is 32.2 Å². The second kappa shape index (κ2) is 5.87. The quantitative estimate of drug-likeness (QED) is 0.859. The van der Waals surface area contributed by atoms with Crippen molar-refractivity contribution in [2.45, 2.75) is 30.4 Å². The van der Waals surface area contributed by atoms with Crippen molar-refractivity contribution in [2.75, 3.05) is 0 Å². The van der Waals surface area contributed by atoms with Crippen molar-refractivity contribution in [3.05, 3.63) is 46.5 Å². The minimum Gasteiger partial charge on any atom is -0.480 e. The number of hydrogen-bond acceptors (Lipinski definition) is 5. The molecule has 0 aliphatic carbocycles. The van der Waals surface area contributed by atoms with Crippen molar-refractivity contribution >= 4 is 23.4 Å². The highest BCUT2D eigenvalue weighted by atomic mass is 32.2. The third-order valence-corrected chi connectivity index (χ3v) is 4.67. The molecule has 0 amide bonds. The van der Waals surface area contributed by atoms with Crippen LogP contribution in [0.1, 0.15) is 19.5 Å². The third kappa shape index (κ3) is 3.43. The van der Waals surface area contributed by atoms with Crippen molar-refractivity contribution in [2.24, 2.45) is 5.73 Å². The lowest BCUT2D eigenvalue weighted by Gasteiger charge is -2.27. The number of pyridine rings is 1. The maximum atomic E-state index is 12.0. The fourth-order valence-corrected chi connectivity index (χ4v) is 2.77. The van der Waals surface area contributed by atoms with Crippen molar-refractivity contribution < 1.29 is 9.90 Å². The summed E-state index contributed by atoms with van der Waals surface area (Å²) < 4.78 is 0.803. The van der Waals surface area contributed by atoms with Crippen LogP contribution >= 0.6 is 11.8 Å². The molecule has 7 heteroatoms. The number of carboxylic acid groups (broad SMARTS) is 1. The highest BCUT2D eigenvalue weighted by Gasteiger charge is 2.32. The smallest absolute Gasteiger partial charge is 0.321 e. The summed E-state index contributed by atoms with van der Waals surface area (Å²) in [6, 6.07) is 5.80. The number of carbonyl (C=O) groups is 1. The van der Waals surface area contributed by atoms with Gasteiger partial charge in [0.2, 0.25) is 0 Å². The predicted octanol–water partition coefficient (Wildman–Crippen LogP) is 1.12. The summed E-state index contributed by atoms with van der Waals surface area (Å²) in [4.78, 5) is 27.3. The summed E-state index contributed by atoms with van der Waals surface area (Å²) in [7, 11) is 0. The van der Waals surface area contributed by atoms with Gasteiger partial charge in [0.05, 0.1) is 5.69 Å². The molecule has 2 aromatic heterocycles. The van der Waals surface area contributed by atoms with Crippen LogP contribution < -0.4 is 11.3 Å². The normalized spacial score (nSPS) is 13.3. The number of carboxylic acids is 1. The fraction of sp³-hybridized carbons (Fsp3) is 0.357. The van der Waals surface area contributed by atoms with Gasteiger partial charge in [-0.2, -0.15) is 0 Å². The van der Waals surface area contributed by atoms with Gasteiger partial charge in [0.1, 0.15) is 11.7 Å². The molecule has 0 aliphatic rings. The minimum absolute atomic E-state index is 0.156. The molecule has 1 unspecified atom stereocenters. The maximum absolute atomic E-state index is 12.0. The van der Waals surface area contributed by atoms with Crippen molar-refractivity contribution in [3.63, 3.8) is 0 Å². The zero-order chi connectivity index (χ0) is 15.6. The minimum atomic E-state index is -1.04. The average molecular weight is 307 g/mol. The van der Waals surface area contributed by atoms with Gasteiger partial charge in [0.15, 0.2) is 0 Å². The lowest BCUT2D eigenvalue weighted by Crippen LogP contribution is -2.46.